The van der Waals surface area contributed by atoms with Crippen LogP contribution in [0.3, 0.4) is 0 Å². The first-order valence-corrected chi connectivity index (χ1v) is 8.70. The number of halogens is 1. The van der Waals surface area contributed by atoms with Gasteiger partial charge in [0.25, 0.3) is 11.8 Å². The average molecular weight is 390 g/mol. The van der Waals surface area contributed by atoms with Gasteiger partial charge in [-0.2, -0.15) is 0 Å². The third-order valence-electron chi connectivity index (χ3n) is 3.66. The molecule has 1 atom stereocenters. The standard InChI is InChI=1S/C19H20ClN3O4/c1-12-5-3-4-6-15(12)19(26)21-10-9-17(24)27-13(2)18(25)23-16-8-7-14(20)11-22-16/h3-8,11,13H,9-10H2,1-2H3,(H,21,26)(H,22,23,25). The lowest BCUT2D eigenvalue weighted by Crippen LogP contribution is -2.32. The second-order valence-corrected chi connectivity index (χ2v) is 6.24. The lowest BCUT2D eigenvalue weighted by molar-refractivity contribution is -0.153. The molecule has 1 unspecified atom stereocenters. The van der Waals surface area contributed by atoms with Crippen LogP contribution in [0.25, 0.3) is 0 Å². The van der Waals surface area contributed by atoms with E-state index in [0.29, 0.717) is 16.4 Å². The van der Waals surface area contributed by atoms with E-state index in [1.54, 1.807) is 18.2 Å². The van der Waals surface area contributed by atoms with Gasteiger partial charge in [0.1, 0.15) is 5.82 Å². The minimum Gasteiger partial charge on any atom is -0.452 e. The molecule has 1 aromatic carbocycles. The first-order chi connectivity index (χ1) is 12.9. The van der Waals surface area contributed by atoms with Gasteiger partial charge in [0.2, 0.25) is 0 Å². The van der Waals surface area contributed by atoms with Crippen molar-refractivity contribution in [2.24, 2.45) is 0 Å². The highest BCUT2D eigenvalue weighted by atomic mass is 35.5. The third kappa shape index (κ3) is 6.38. The quantitative estimate of drug-likeness (QED) is 0.709. The van der Waals surface area contributed by atoms with E-state index in [1.165, 1.54) is 19.2 Å². The first kappa shape index (κ1) is 20.4. The summed E-state index contributed by atoms with van der Waals surface area (Å²) in [5, 5.41) is 5.62. The lowest BCUT2D eigenvalue weighted by atomic mass is 10.1. The van der Waals surface area contributed by atoms with Gasteiger partial charge in [-0.25, -0.2) is 4.98 Å². The van der Waals surface area contributed by atoms with Crippen molar-refractivity contribution in [1.82, 2.24) is 10.3 Å². The van der Waals surface area contributed by atoms with Crippen LogP contribution in [0.15, 0.2) is 42.6 Å². The van der Waals surface area contributed by atoms with Crippen LogP contribution >= 0.6 is 11.6 Å². The number of nitrogens with one attached hydrogen (secondary N) is 2. The SMILES string of the molecule is Cc1ccccc1C(=O)NCCC(=O)OC(C)C(=O)Nc1ccc(Cl)cn1. The van der Waals surface area contributed by atoms with Gasteiger partial charge >= 0.3 is 5.97 Å². The number of amides is 2. The first-order valence-electron chi connectivity index (χ1n) is 8.32. The Morgan fingerprint density at radius 3 is 2.59 bits per heavy atom. The maximum Gasteiger partial charge on any atom is 0.308 e. The number of carbonyl (C=O) groups is 3. The van der Waals surface area contributed by atoms with Crippen molar-refractivity contribution in [3.05, 3.63) is 58.7 Å². The fourth-order valence-electron chi connectivity index (χ4n) is 2.19. The summed E-state index contributed by atoms with van der Waals surface area (Å²) in [4.78, 5) is 39.9. The molecule has 0 spiro atoms. The van der Waals surface area contributed by atoms with E-state index in [1.807, 2.05) is 19.1 Å². The van der Waals surface area contributed by atoms with Crippen LogP contribution in [-0.2, 0) is 14.3 Å². The Balaban J connectivity index is 1.74. The van der Waals surface area contributed by atoms with E-state index in [9.17, 15) is 14.4 Å². The summed E-state index contributed by atoms with van der Waals surface area (Å²) >= 11 is 5.72. The Hall–Kier alpha value is -2.93. The summed E-state index contributed by atoms with van der Waals surface area (Å²) in [5.41, 5.74) is 1.40. The summed E-state index contributed by atoms with van der Waals surface area (Å²) in [5.74, 6) is -1.06. The van der Waals surface area contributed by atoms with Crippen molar-refractivity contribution >= 4 is 35.2 Å². The Morgan fingerprint density at radius 1 is 1.19 bits per heavy atom. The molecule has 2 N–H and O–H groups in total. The molecule has 0 radical (unpaired) electrons. The highest BCUT2D eigenvalue weighted by molar-refractivity contribution is 6.30. The number of rotatable bonds is 7. The molecule has 0 saturated heterocycles. The molecule has 0 saturated carbocycles. The molecule has 0 aliphatic rings. The van der Waals surface area contributed by atoms with Gasteiger partial charge in [-0.05, 0) is 37.6 Å². The maximum absolute atomic E-state index is 12.1. The average Bonchev–Trinajstić information content (AvgIpc) is 2.63. The number of anilines is 1. The molecule has 27 heavy (non-hydrogen) atoms. The normalized spacial score (nSPS) is 11.4. The van der Waals surface area contributed by atoms with Crippen molar-refractivity contribution in [3.63, 3.8) is 0 Å². The van der Waals surface area contributed by atoms with Crippen molar-refractivity contribution in [3.8, 4) is 0 Å². The fraction of sp³-hybridized carbons (Fsp3) is 0.263. The molecule has 2 amide bonds. The molecule has 142 valence electrons. The van der Waals surface area contributed by atoms with Crippen LogP contribution in [0.4, 0.5) is 5.82 Å². The van der Waals surface area contributed by atoms with E-state index in [-0.39, 0.29) is 18.9 Å². The Bertz CT molecular complexity index is 824. The Kier molecular flexibility index (Phi) is 7.31. The molecule has 7 nitrogen and oxygen atoms in total. The molecule has 0 bridgehead atoms. The predicted molar refractivity (Wildman–Crippen MR) is 102 cm³/mol. The number of aromatic nitrogens is 1. The second-order valence-electron chi connectivity index (χ2n) is 5.80. The molecular weight excluding hydrogens is 370 g/mol. The minimum atomic E-state index is -0.998. The van der Waals surface area contributed by atoms with E-state index in [0.717, 1.165) is 5.56 Å². The van der Waals surface area contributed by atoms with Gasteiger partial charge in [-0.1, -0.05) is 29.8 Å². The number of esters is 1. The Labute approximate surface area is 162 Å². The lowest BCUT2D eigenvalue weighted by Gasteiger charge is -2.13. The number of ether oxygens (including phenoxy) is 1. The summed E-state index contributed by atoms with van der Waals surface area (Å²) in [6, 6.07) is 10.3. The number of nitrogens with zero attached hydrogens (tertiary/aromatic N) is 1. The van der Waals surface area contributed by atoms with Crippen molar-refractivity contribution in [1.29, 1.82) is 0 Å². The number of aryl methyl sites for hydroxylation is 1. The van der Waals surface area contributed by atoms with Crippen LogP contribution in [0.5, 0.6) is 0 Å². The van der Waals surface area contributed by atoms with Gasteiger partial charge in [0.05, 0.1) is 11.4 Å². The molecule has 1 aromatic heterocycles. The highest BCUT2D eigenvalue weighted by Crippen LogP contribution is 2.10. The number of hydrogen-bond donors (Lipinski definition) is 2. The van der Waals surface area contributed by atoms with E-state index >= 15 is 0 Å². The van der Waals surface area contributed by atoms with Gasteiger partial charge in [-0.15, -0.1) is 0 Å². The molecule has 1 heterocycles. The molecular formula is C19H20ClN3O4. The highest BCUT2D eigenvalue weighted by Gasteiger charge is 2.18. The fourth-order valence-corrected chi connectivity index (χ4v) is 2.30. The number of benzene rings is 1. The van der Waals surface area contributed by atoms with E-state index < -0.39 is 18.0 Å². The Morgan fingerprint density at radius 2 is 1.93 bits per heavy atom. The summed E-state index contributed by atoms with van der Waals surface area (Å²) < 4.78 is 5.06. The minimum absolute atomic E-state index is 0.0472. The van der Waals surface area contributed by atoms with E-state index in [4.69, 9.17) is 16.3 Å². The van der Waals surface area contributed by atoms with Gasteiger partial charge in [-0.3, -0.25) is 14.4 Å². The zero-order chi connectivity index (χ0) is 19.8. The maximum atomic E-state index is 12.1. The molecule has 8 heteroatoms. The van der Waals surface area contributed by atoms with Crippen molar-refractivity contribution in [2.75, 3.05) is 11.9 Å². The van der Waals surface area contributed by atoms with Crippen LogP contribution in [0.2, 0.25) is 5.02 Å². The van der Waals surface area contributed by atoms with Crippen LogP contribution in [0.1, 0.15) is 29.3 Å². The van der Waals surface area contributed by atoms with Crippen LogP contribution < -0.4 is 10.6 Å². The number of pyridine rings is 1. The zero-order valence-electron chi connectivity index (χ0n) is 15.0. The summed E-state index contributed by atoms with van der Waals surface area (Å²) in [7, 11) is 0. The van der Waals surface area contributed by atoms with Gasteiger partial charge < -0.3 is 15.4 Å². The van der Waals surface area contributed by atoms with E-state index in [2.05, 4.69) is 15.6 Å². The molecule has 0 fully saturated rings. The molecule has 2 aromatic rings. The summed E-state index contributed by atoms with van der Waals surface area (Å²) in [6.07, 6.45) is 0.349. The smallest absolute Gasteiger partial charge is 0.308 e. The summed E-state index contributed by atoms with van der Waals surface area (Å²) in [6.45, 7) is 3.40. The van der Waals surface area contributed by atoms with Crippen molar-refractivity contribution in [2.45, 2.75) is 26.4 Å². The second kappa shape index (κ2) is 9.68. The molecule has 0 aliphatic heterocycles. The zero-order valence-corrected chi connectivity index (χ0v) is 15.7. The third-order valence-corrected chi connectivity index (χ3v) is 3.88. The van der Waals surface area contributed by atoms with Crippen LogP contribution in [-0.4, -0.2) is 35.4 Å². The predicted octanol–water partition coefficient (Wildman–Crippen LogP) is 2.73. The monoisotopic (exact) mass is 389 g/mol. The van der Waals surface area contributed by atoms with Gasteiger partial charge in [0.15, 0.2) is 6.10 Å². The molecule has 0 aliphatic carbocycles. The topological polar surface area (TPSA) is 97.4 Å². The van der Waals surface area contributed by atoms with Crippen LogP contribution in [0, 0.1) is 6.92 Å². The molecule has 2 rings (SSSR count). The van der Waals surface area contributed by atoms with Gasteiger partial charge in [0, 0.05) is 18.3 Å². The van der Waals surface area contributed by atoms with Crippen molar-refractivity contribution < 1.29 is 19.1 Å². The number of hydrogen-bond acceptors (Lipinski definition) is 5. The number of carbonyl (C=O) groups excluding carboxylic acids is 3. The largest absolute Gasteiger partial charge is 0.452 e.